The Labute approximate surface area is 163 Å². The molecule has 2 heterocycles. The molecule has 5 nitrogen and oxygen atoms in total. The summed E-state index contributed by atoms with van der Waals surface area (Å²) < 4.78 is 0. The van der Waals surface area contributed by atoms with E-state index in [-0.39, 0.29) is 11.9 Å². The van der Waals surface area contributed by atoms with Crippen molar-refractivity contribution >= 4 is 17.2 Å². The lowest BCUT2D eigenvalue weighted by Crippen LogP contribution is -2.29. The molecule has 0 aliphatic carbocycles. The lowest BCUT2D eigenvalue weighted by molar-refractivity contribution is 0.0741. The van der Waals surface area contributed by atoms with Crippen molar-refractivity contribution in [2.75, 3.05) is 7.05 Å². The number of hydrogen-bond donors (Lipinski definition) is 1. The fraction of sp³-hybridized carbons (Fsp3) is 0.286. The van der Waals surface area contributed by atoms with E-state index in [2.05, 4.69) is 9.97 Å². The molecule has 0 saturated heterocycles. The van der Waals surface area contributed by atoms with Gasteiger partial charge < -0.3 is 10.0 Å². The lowest BCUT2D eigenvalue weighted by Gasteiger charge is -2.23. The van der Waals surface area contributed by atoms with Crippen LogP contribution in [0.15, 0.2) is 54.3 Å². The molecule has 0 unspecified atom stereocenters. The first kappa shape index (κ1) is 19.2. The quantitative estimate of drug-likeness (QED) is 0.717. The van der Waals surface area contributed by atoms with Gasteiger partial charge >= 0.3 is 0 Å². The molecular weight excluding hydrogens is 358 g/mol. The lowest BCUT2D eigenvalue weighted by atomic mass is 9.96. The van der Waals surface area contributed by atoms with Gasteiger partial charge in [0.2, 0.25) is 0 Å². The molecule has 0 aliphatic rings. The Bertz CT molecular complexity index is 933. The number of carbonyl (C=O) groups is 1. The number of nitrogens with zero attached hydrogens (tertiary/aromatic N) is 3. The Balaban J connectivity index is 1.88. The number of amides is 1. The molecule has 1 aromatic carbocycles. The van der Waals surface area contributed by atoms with Crippen LogP contribution in [0.4, 0.5) is 0 Å². The van der Waals surface area contributed by atoms with E-state index in [9.17, 15) is 9.90 Å². The second-order valence-electron chi connectivity index (χ2n) is 7.06. The van der Waals surface area contributed by atoms with Crippen molar-refractivity contribution in [1.29, 1.82) is 0 Å². The maximum Gasteiger partial charge on any atom is 0.254 e. The first-order chi connectivity index (χ1) is 12.8. The third kappa shape index (κ3) is 4.23. The van der Waals surface area contributed by atoms with E-state index >= 15 is 0 Å². The second-order valence-corrected chi connectivity index (χ2v) is 7.99. The smallest absolute Gasteiger partial charge is 0.254 e. The van der Waals surface area contributed by atoms with Crippen LogP contribution in [0, 0.1) is 0 Å². The first-order valence-electron chi connectivity index (χ1n) is 8.72. The van der Waals surface area contributed by atoms with Crippen molar-refractivity contribution in [2.45, 2.75) is 32.4 Å². The summed E-state index contributed by atoms with van der Waals surface area (Å²) in [7, 11) is 1.79. The summed E-state index contributed by atoms with van der Waals surface area (Å²) in [6.45, 7) is 5.42. The van der Waals surface area contributed by atoms with Crippen molar-refractivity contribution in [1.82, 2.24) is 14.9 Å². The summed E-state index contributed by atoms with van der Waals surface area (Å²) in [5.74, 6) is -0.0637. The van der Waals surface area contributed by atoms with E-state index in [1.54, 1.807) is 44.4 Å². The molecule has 0 bridgehead atoms. The Kier molecular flexibility index (Phi) is 5.39. The monoisotopic (exact) mass is 381 g/mol. The fourth-order valence-electron chi connectivity index (χ4n) is 2.75. The highest BCUT2D eigenvalue weighted by Gasteiger charge is 2.21. The van der Waals surface area contributed by atoms with Crippen molar-refractivity contribution in [2.24, 2.45) is 0 Å². The number of benzene rings is 1. The molecule has 140 valence electrons. The summed E-state index contributed by atoms with van der Waals surface area (Å²) >= 11 is 1.54. The zero-order chi connectivity index (χ0) is 19.6. The van der Waals surface area contributed by atoms with Gasteiger partial charge in [-0.25, -0.2) is 4.98 Å². The molecule has 1 atom stereocenters. The first-order valence-corrected chi connectivity index (χ1v) is 9.60. The minimum Gasteiger partial charge on any atom is -0.386 e. The normalized spacial score (nSPS) is 12.6. The van der Waals surface area contributed by atoms with Gasteiger partial charge in [0.1, 0.15) is 5.01 Å². The maximum absolute atomic E-state index is 12.9. The van der Waals surface area contributed by atoms with Gasteiger partial charge in [0.25, 0.3) is 5.91 Å². The Hall–Kier alpha value is -2.57. The van der Waals surface area contributed by atoms with E-state index in [4.69, 9.17) is 0 Å². The number of thiazole rings is 1. The van der Waals surface area contributed by atoms with Crippen LogP contribution >= 0.6 is 11.3 Å². The highest BCUT2D eigenvalue weighted by molar-refractivity contribution is 7.09. The molecule has 6 heteroatoms. The van der Waals surface area contributed by atoms with E-state index in [0.29, 0.717) is 5.56 Å². The van der Waals surface area contributed by atoms with Crippen LogP contribution < -0.4 is 0 Å². The maximum atomic E-state index is 12.9. The zero-order valence-electron chi connectivity index (χ0n) is 15.9. The van der Waals surface area contributed by atoms with Crippen LogP contribution in [0.25, 0.3) is 11.1 Å². The zero-order valence-corrected chi connectivity index (χ0v) is 16.7. The Morgan fingerprint density at radius 3 is 2.67 bits per heavy atom. The number of aromatic nitrogens is 2. The molecule has 2 aromatic heterocycles. The number of carbonyl (C=O) groups excluding carboxylic acids is 1. The number of aliphatic hydroxyl groups is 1. The van der Waals surface area contributed by atoms with Gasteiger partial charge in [0.05, 0.1) is 11.6 Å². The van der Waals surface area contributed by atoms with Crippen LogP contribution in [0.3, 0.4) is 0 Å². The van der Waals surface area contributed by atoms with Crippen molar-refractivity contribution in [3.8, 4) is 11.1 Å². The van der Waals surface area contributed by atoms with Crippen LogP contribution in [0.2, 0.25) is 0 Å². The largest absolute Gasteiger partial charge is 0.386 e. The van der Waals surface area contributed by atoms with Gasteiger partial charge in [0, 0.05) is 47.7 Å². The molecule has 0 saturated carbocycles. The minimum absolute atomic E-state index is 0.0637. The molecule has 0 spiro atoms. The molecule has 27 heavy (non-hydrogen) atoms. The Morgan fingerprint density at radius 1 is 1.22 bits per heavy atom. The standard InChI is InChI=1S/C21H23N3O2S/c1-14(19-23-8-9-27-19)24(4)20(25)16-7-5-6-15(10-16)17-11-18(13-22-12-17)21(2,3)26/h5-14,26H,1-4H3/t14-/m1/s1. The summed E-state index contributed by atoms with van der Waals surface area (Å²) in [5.41, 5.74) is 2.10. The average molecular weight is 382 g/mol. The fourth-order valence-corrected chi connectivity index (χ4v) is 3.49. The van der Waals surface area contributed by atoms with Gasteiger partial charge in [-0.3, -0.25) is 9.78 Å². The average Bonchev–Trinajstić information content (AvgIpc) is 3.20. The third-order valence-electron chi connectivity index (χ3n) is 4.60. The predicted octanol–water partition coefficient (Wildman–Crippen LogP) is 4.27. The molecule has 3 aromatic rings. The Morgan fingerprint density at radius 2 is 2.00 bits per heavy atom. The molecule has 3 rings (SSSR count). The second kappa shape index (κ2) is 7.58. The predicted molar refractivity (Wildman–Crippen MR) is 108 cm³/mol. The van der Waals surface area contributed by atoms with Crippen molar-refractivity contribution < 1.29 is 9.90 Å². The summed E-state index contributed by atoms with van der Waals surface area (Å²) in [4.78, 5) is 23.2. The minimum atomic E-state index is -0.972. The van der Waals surface area contributed by atoms with E-state index < -0.39 is 5.60 Å². The van der Waals surface area contributed by atoms with Crippen LogP contribution in [0.1, 0.15) is 47.7 Å². The highest BCUT2D eigenvalue weighted by Crippen LogP contribution is 2.27. The van der Waals surface area contributed by atoms with E-state index in [0.717, 1.165) is 21.7 Å². The summed E-state index contributed by atoms with van der Waals surface area (Å²) in [6, 6.07) is 9.27. The number of pyridine rings is 1. The molecule has 1 N–H and O–H groups in total. The van der Waals surface area contributed by atoms with E-state index in [1.165, 1.54) is 11.3 Å². The number of rotatable bonds is 5. The van der Waals surface area contributed by atoms with Gasteiger partial charge in [-0.15, -0.1) is 11.3 Å². The molecule has 0 aliphatic heterocycles. The van der Waals surface area contributed by atoms with Gasteiger partial charge in [-0.05, 0) is 44.5 Å². The summed E-state index contributed by atoms with van der Waals surface area (Å²) in [5, 5.41) is 13.0. The van der Waals surface area contributed by atoms with Gasteiger partial charge in [-0.2, -0.15) is 0 Å². The molecular formula is C21H23N3O2S. The topological polar surface area (TPSA) is 66.3 Å². The summed E-state index contributed by atoms with van der Waals surface area (Å²) in [6.07, 6.45) is 5.14. The van der Waals surface area contributed by atoms with E-state index in [1.807, 2.05) is 42.6 Å². The van der Waals surface area contributed by atoms with Crippen molar-refractivity contribution in [3.05, 3.63) is 70.4 Å². The SMILES string of the molecule is C[C@H](c1nccs1)N(C)C(=O)c1cccc(-c2cncc(C(C)(C)O)c2)c1. The molecule has 0 fully saturated rings. The van der Waals surface area contributed by atoms with Gasteiger partial charge in [0.15, 0.2) is 0 Å². The molecule has 1 amide bonds. The third-order valence-corrected chi connectivity index (χ3v) is 5.54. The number of hydrogen-bond acceptors (Lipinski definition) is 5. The van der Waals surface area contributed by atoms with Crippen molar-refractivity contribution in [3.63, 3.8) is 0 Å². The van der Waals surface area contributed by atoms with Crippen LogP contribution in [-0.4, -0.2) is 32.9 Å². The van der Waals surface area contributed by atoms with Crippen LogP contribution in [0.5, 0.6) is 0 Å². The van der Waals surface area contributed by atoms with Crippen LogP contribution in [-0.2, 0) is 5.60 Å². The molecule has 0 radical (unpaired) electrons. The highest BCUT2D eigenvalue weighted by atomic mass is 32.1. The van der Waals surface area contributed by atoms with Gasteiger partial charge in [-0.1, -0.05) is 12.1 Å².